The van der Waals surface area contributed by atoms with E-state index in [2.05, 4.69) is 31.3 Å². The molecule has 0 saturated heterocycles. The summed E-state index contributed by atoms with van der Waals surface area (Å²) in [5, 5.41) is 3.13. The van der Waals surface area contributed by atoms with Crippen molar-refractivity contribution in [1.82, 2.24) is 15.0 Å². The maximum Gasteiger partial charge on any atom is 0.141 e. The van der Waals surface area contributed by atoms with Crippen LogP contribution < -0.4 is 5.73 Å². The fourth-order valence-electron chi connectivity index (χ4n) is 2.73. The second-order valence-corrected chi connectivity index (χ2v) is 7.10. The highest BCUT2D eigenvalue weighted by Crippen LogP contribution is 2.38. The van der Waals surface area contributed by atoms with Crippen LogP contribution in [0.1, 0.15) is 53.8 Å². The minimum atomic E-state index is 0.519. The molecule has 0 spiro atoms. The zero-order chi connectivity index (χ0) is 14.1. The number of aryl methyl sites for hydroxylation is 1. The number of nitrogens with two attached hydrogens (primary N) is 1. The van der Waals surface area contributed by atoms with E-state index in [1.165, 1.54) is 25.7 Å². The lowest BCUT2D eigenvalue weighted by Crippen LogP contribution is -2.08. The zero-order valence-corrected chi connectivity index (χ0v) is 13.8. The highest BCUT2D eigenvalue weighted by atomic mass is 79.9. The first-order valence-electron chi connectivity index (χ1n) is 6.86. The predicted octanol–water partition coefficient (Wildman–Crippen LogP) is 3.83. The number of thiazole rings is 1. The molecule has 0 bridgehead atoms. The Morgan fingerprint density at radius 1 is 1.30 bits per heavy atom. The van der Waals surface area contributed by atoms with Crippen molar-refractivity contribution in [3.05, 3.63) is 32.1 Å². The zero-order valence-electron chi connectivity index (χ0n) is 11.4. The number of nitrogens with zero attached hydrogens (tertiary/aromatic N) is 3. The third-order valence-electron chi connectivity index (χ3n) is 3.70. The first-order valence-corrected chi connectivity index (χ1v) is 8.53. The van der Waals surface area contributed by atoms with Gasteiger partial charge in [0.25, 0.3) is 0 Å². The number of hydrogen-bond acceptors (Lipinski definition) is 5. The molecular formula is C14H17BrN4S. The summed E-state index contributed by atoms with van der Waals surface area (Å²) >= 11 is 5.20. The average molecular weight is 353 g/mol. The summed E-state index contributed by atoms with van der Waals surface area (Å²) in [6, 6.07) is 0. The summed E-state index contributed by atoms with van der Waals surface area (Å²) in [4.78, 5) is 13.6. The fourth-order valence-corrected chi connectivity index (χ4v) is 3.85. The Balaban J connectivity index is 1.91. The molecule has 2 aromatic rings. The summed E-state index contributed by atoms with van der Waals surface area (Å²) in [5.74, 6) is 1.84. The first-order chi connectivity index (χ1) is 9.63. The van der Waals surface area contributed by atoms with Gasteiger partial charge in [-0.1, -0.05) is 12.8 Å². The molecule has 6 heteroatoms. The van der Waals surface area contributed by atoms with Crippen molar-refractivity contribution >= 4 is 33.1 Å². The Morgan fingerprint density at radius 3 is 2.70 bits per heavy atom. The van der Waals surface area contributed by atoms with Gasteiger partial charge in [-0.15, -0.1) is 11.3 Å². The van der Waals surface area contributed by atoms with E-state index in [-0.39, 0.29) is 0 Å². The van der Waals surface area contributed by atoms with Crippen LogP contribution in [0.5, 0.6) is 0 Å². The van der Waals surface area contributed by atoms with Crippen LogP contribution in [0, 0.1) is 6.92 Å². The summed E-state index contributed by atoms with van der Waals surface area (Å²) in [5.41, 5.74) is 8.13. The summed E-state index contributed by atoms with van der Waals surface area (Å²) in [6.45, 7) is 2.01. The number of rotatable bonds is 3. The second-order valence-electron chi connectivity index (χ2n) is 5.24. The molecule has 1 aliphatic rings. The van der Waals surface area contributed by atoms with E-state index in [1.54, 1.807) is 11.3 Å². The summed E-state index contributed by atoms with van der Waals surface area (Å²) < 4.78 is 0.877. The van der Waals surface area contributed by atoms with Crippen LogP contribution in [0.2, 0.25) is 0 Å². The van der Waals surface area contributed by atoms with Crippen molar-refractivity contribution in [1.29, 1.82) is 0 Å². The van der Waals surface area contributed by atoms with Crippen LogP contribution in [0.4, 0.5) is 5.82 Å². The van der Waals surface area contributed by atoms with E-state index in [0.29, 0.717) is 18.2 Å². The van der Waals surface area contributed by atoms with Crippen LogP contribution in [-0.4, -0.2) is 15.0 Å². The van der Waals surface area contributed by atoms with Crippen molar-refractivity contribution in [3.8, 4) is 0 Å². The van der Waals surface area contributed by atoms with E-state index in [0.717, 1.165) is 26.7 Å². The number of halogens is 1. The molecule has 1 saturated carbocycles. The van der Waals surface area contributed by atoms with Gasteiger partial charge in [0.05, 0.1) is 27.3 Å². The molecule has 0 amide bonds. The van der Waals surface area contributed by atoms with Crippen molar-refractivity contribution in [2.45, 2.75) is 44.9 Å². The van der Waals surface area contributed by atoms with Crippen LogP contribution in [0.15, 0.2) is 9.85 Å². The standard InChI is InChI=1S/C14H17BrN4S/c1-8-17-10(7-20-8)6-11-18-13(9-4-2-3-5-9)12(15)14(16)19-11/h7,9H,2-6H2,1H3,(H2,16,18,19). The Hall–Kier alpha value is -1.01. The molecule has 20 heavy (non-hydrogen) atoms. The number of anilines is 1. The molecule has 2 aromatic heterocycles. The Kier molecular flexibility index (Phi) is 4.03. The van der Waals surface area contributed by atoms with Gasteiger partial charge in [-0.2, -0.15) is 0 Å². The molecule has 0 aromatic carbocycles. The van der Waals surface area contributed by atoms with Gasteiger partial charge in [0.1, 0.15) is 11.6 Å². The first kappa shape index (κ1) is 13.9. The molecular weight excluding hydrogens is 336 g/mol. The van der Waals surface area contributed by atoms with Crippen molar-refractivity contribution in [2.75, 3.05) is 5.73 Å². The lowest BCUT2D eigenvalue weighted by Gasteiger charge is -2.13. The van der Waals surface area contributed by atoms with E-state index < -0.39 is 0 Å². The molecule has 0 unspecified atom stereocenters. The molecule has 2 heterocycles. The summed E-state index contributed by atoms with van der Waals surface area (Å²) in [6.07, 6.45) is 5.61. The minimum Gasteiger partial charge on any atom is -0.383 e. The Bertz CT molecular complexity index is 620. The molecule has 1 fully saturated rings. The van der Waals surface area contributed by atoms with Crippen LogP contribution >= 0.6 is 27.3 Å². The molecule has 0 radical (unpaired) electrons. The second kappa shape index (κ2) is 5.77. The Morgan fingerprint density at radius 2 is 2.05 bits per heavy atom. The maximum atomic E-state index is 6.03. The topological polar surface area (TPSA) is 64.7 Å². The van der Waals surface area contributed by atoms with Gasteiger partial charge in [0, 0.05) is 11.3 Å². The number of hydrogen-bond donors (Lipinski definition) is 1. The van der Waals surface area contributed by atoms with Crippen LogP contribution in [0.25, 0.3) is 0 Å². The largest absolute Gasteiger partial charge is 0.383 e. The number of nitrogen functional groups attached to an aromatic ring is 1. The quantitative estimate of drug-likeness (QED) is 0.911. The van der Waals surface area contributed by atoms with E-state index in [1.807, 2.05) is 6.92 Å². The average Bonchev–Trinajstić information content (AvgIpc) is 3.05. The highest BCUT2D eigenvalue weighted by molar-refractivity contribution is 9.10. The minimum absolute atomic E-state index is 0.519. The van der Waals surface area contributed by atoms with Crippen molar-refractivity contribution in [2.24, 2.45) is 0 Å². The lowest BCUT2D eigenvalue weighted by atomic mass is 10.0. The molecule has 2 N–H and O–H groups in total. The number of aromatic nitrogens is 3. The van der Waals surface area contributed by atoms with Gasteiger partial charge in [-0.3, -0.25) is 0 Å². The van der Waals surface area contributed by atoms with Crippen molar-refractivity contribution in [3.63, 3.8) is 0 Å². The van der Waals surface area contributed by atoms with Gasteiger partial charge in [0.2, 0.25) is 0 Å². The Labute approximate surface area is 131 Å². The van der Waals surface area contributed by atoms with Crippen LogP contribution in [-0.2, 0) is 6.42 Å². The molecule has 4 nitrogen and oxygen atoms in total. The SMILES string of the molecule is Cc1nc(Cc2nc(N)c(Br)c(C3CCCC3)n2)cs1. The fraction of sp³-hybridized carbons (Fsp3) is 0.500. The van der Waals surface area contributed by atoms with Gasteiger partial charge in [-0.05, 0) is 35.7 Å². The molecule has 106 valence electrons. The summed E-state index contributed by atoms with van der Waals surface area (Å²) in [7, 11) is 0. The van der Waals surface area contributed by atoms with Gasteiger partial charge >= 0.3 is 0 Å². The molecule has 3 rings (SSSR count). The molecule has 0 aliphatic heterocycles. The predicted molar refractivity (Wildman–Crippen MR) is 85.0 cm³/mol. The van der Waals surface area contributed by atoms with Gasteiger partial charge < -0.3 is 5.73 Å². The third kappa shape index (κ3) is 2.86. The smallest absolute Gasteiger partial charge is 0.141 e. The highest BCUT2D eigenvalue weighted by Gasteiger charge is 2.23. The normalized spacial score (nSPS) is 15.9. The van der Waals surface area contributed by atoms with Crippen LogP contribution in [0.3, 0.4) is 0 Å². The molecule has 0 atom stereocenters. The van der Waals surface area contributed by atoms with E-state index >= 15 is 0 Å². The monoisotopic (exact) mass is 352 g/mol. The third-order valence-corrected chi connectivity index (χ3v) is 5.33. The van der Waals surface area contributed by atoms with Gasteiger partial charge in [0.15, 0.2) is 0 Å². The lowest BCUT2D eigenvalue weighted by molar-refractivity contribution is 0.682. The maximum absolute atomic E-state index is 6.03. The van der Waals surface area contributed by atoms with E-state index in [9.17, 15) is 0 Å². The van der Waals surface area contributed by atoms with Crippen molar-refractivity contribution < 1.29 is 0 Å². The molecule has 1 aliphatic carbocycles. The van der Waals surface area contributed by atoms with E-state index in [4.69, 9.17) is 10.7 Å². The van der Waals surface area contributed by atoms with Gasteiger partial charge in [-0.25, -0.2) is 15.0 Å².